The number of carbonyl (C=O) groups is 2. The fourth-order valence-electron chi connectivity index (χ4n) is 3.00. The molecule has 1 amide bonds. The first kappa shape index (κ1) is 23.3. The summed E-state index contributed by atoms with van der Waals surface area (Å²) in [5.41, 5.74) is 2.10. The average molecular weight is 414 g/mol. The monoisotopic (exact) mass is 413 g/mol. The predicted octanol–water partition coefficient (Wildman–Crippen LogP) is 3.78. The largest absolute Gasteiger partial charge is 0.465 e. The molecule has 1 aromatic carbocycles. The van der Waals surface area contributed by atoms with Gasteiger partial charge < -0.3 is 14.8 Å². The summed E-state index contributed by atoms with van der Waals surface area (Å²) in [6.45, 7) is 9.40. The van der Waals surface area contributed by atoms with E-state index in [4.69, 9.17) is 9.47 Å². The number of benzene rings is 1. The Kier molecular flexibility index (Phi) is 8.35. The number of carbonyl (C=O) groups excluding carboxylic acids is 2. The summed E-state index contributed by atoms with van der Waals surface area (Å²) in [4.78, 5) is 30.1. The van der Waals surface area contributed by atoms with Crippen molar-refractivity contribution in [3.63, 3.8) is 0 Å². The maximum absolute atomic E-state index is 12.1. The molecule has 0 spiro atoms. The minimum atomic E-state index is -0.541. The molecular weight excluding hydrogens is 382 g/mol. The third-order valence-electron chi connectivity index (χ3n) is 4.21. The number of methoxy groups -OCH3 is 1. The molecule has 162 valence electrons. The molecule has 0 aliphatic rings. The second-order valence-corrected chi connectivity index (χ2v) is 8.27. The van der Waals surface area contributed by atoms with Crippen LogP contribution in [-0.2, 0) is 22.6 Å². The third kappa shape index (κ3) is 8.21. The lowest BCUT2D eigenvalue weighted by Gasteiger charge is -2.27. The van der Waals surface area contributed by atoms with Gasteiger partial charge in [0.15, 0.2) is 0 Å². The van der Waals surface area contributed by atoms with Gasteiger partial charge >= 0.3 is 12.1 Å². The van der Waals surface area contributed by atoms with Crippen molar-refractivity contribution in [3.8, 4) is 0 Å². The van der Waals surface area contributed by atoms with Gasteiger partial charge in [-0.1, -0.05) is 18.2 Å². The van der Waals surface area contributed by atoms with E-state index in [0.717, 1.165) is 11.1 Å². The van der Waals surface area contributed by atoms with Crippen LogP contribution in [0.3, 0.4) is 0 Å². The highest BCUT2D eigenvalue weighted by Crippen LogP contribution is 2.13. The summed E-state index contributed by atoms with van der Waals surface area (Å²) in [7, 11) is 1.37. The van der Waals surface area contributed by atoms with Gasteiger partial charge in [0.2, 0.25) is 0 Å². The Balaban J connectivity index is 2.06. The number of rotatable bonds is 8. The van der Waals surface area contributed by atoms with Gasteiger partial charge in [-0.15, -0.1) is 0 Å². The molecule has 7 heteroatoms. The highest BCUT2D eigenvalue weighted by Gasteiger charge is 2.19. The molecule has 0 saturated carbocycles. The third-order valence-corrected chi connectivity index (χ3v) is 4.21. The summed E-state index contributed by atoms with van der Waals surface area (Å²) in [5, 5.41) is 2.89. The fraction of sp³-hybridized carbons (Fsp3) is 0.435. The lowest BCUT2D eigenvalue weighted by molar-refractivity contribution is 0.0494. The summed E-state index contributed by atoms with van der Waals surface area (Å²) in [5.74, 6) is -0.357. The molecule has 1 heterocycles. The van der Waals surface area contributed by atoms with Crippen LogP contribution in [-0.4, -0.2) is 47.2 Å². The Labute approximate surface area is 178 Å². The minimum absolute atomic E-state index is 0.120. The number of alkyl carbamates (subject to hydrolysis) is 1. The van der Waals surface area contributed by atoms with Crippen molar-refractivity contribution >= 4 is 12.1 Å². The van der Waals surface area contributed by atoms with E-state index in [1.54, 1.807) is 18.3 Å². The molecule has 1 N–H and O–H groups in total. The SMILES string of the molecule is COC(=O)c1ccc(CN(Cc2cccnc2)CC(C)NC(=O)OC(C)(C)C)cc1. The number of hydrogen-bond acceptors (Lipinski definition) is 6. The number of nitrogens with one attached hydrogen (secondary N) is 1. The van der Waals surface area contributed by atoms with Gasteiger partial charge in [-0.3, -0.25) is 9.88 Å². The topological polar surface area (TPSA) is 80.8 Å². The summed E-state index contributed by atoms with van der Waals surface area (Å²) < 4.78 is 10.1. The van der Waals surface area contributed by atoms with E-state index in [2.05, 4.69) is 15.2 Å². The number of ether oxygens (including phenoxy) is 2. The van der Waals surface area contributed by atoms with Crippen molar-refractivity contribution in [1.82, 2.24) is 15.2 Å². The molecule has 30 heavy (non-hydrogen) atoms. The Morgan fingerprint density at radius 1 is 1.10 bits per heavy atom. The maximum atomic E-state index is 12.1. The number of hydrogen-bond donors (Lipinski definition) is 1. The smallest absolute Gasteiger partial charge is 0.407 e. The van der Waals surface area contributed by atoms with Crippen LogP contribution < -0.4 is 5.32 Å². The van der Waals surface area contributed by atoms with E-state index in [0.29, 0.717) is 25.2 Å². The zero-order valence-electron chi connectivity index (χ0n) is 18.3. The zero-order valence-corrected chi connectivity index (χ0v) is 18.3. The highest BCUT2D eigenvalue weighted by atomic mass is 16.6. The molecule has 0 aliphatic carbocycles. The molecule has 0 radical (unpaired) electrons. The van der Waals surface area contributed by atoms with E-state index in [1.165, 1.54) is 7.11 Å². The number of esters is 1. The van der Waals surface area contributed by atoms with E-state index in [9.17, 15) is 9.59 Å². The van der Waals surface area contributed by atoms with Crippen molar-refractivity contribution in [2.24, 2.45) is 0 Å². The first-order valence-electron chi connectivity index (χ1n) is 9.94. The van der Waals surface area contributed by atoms with Gasteiger partial charge in [-0.05, 0) is 57.0 Å². The number of amides is 1. The number of nitrogens with zero attached hydrogens (tertiary/aromatic N) is 2. The minimum Gasteiger partial charge on any atom is -0.465 e. The normalized spacial score (nSPS) is 12.3. The summed E-state index contributed by atoms with van der Waals surface area (Å²) in [6, 6.07) is 11.1. The van der Waals surface area contributed by atoms with Crippen molar-refractivity contribution < 1.29 is 19.1 Å². The molecule has 7 nitrogen and oxygen atoms in total. The molecule has 0 bridgehead atoms. The molecule has 1 unspecified atom stereocenters. The van der Waals surface area contributed by atoms with E-state index < -0.39 is 11.7 Å². The molecule has 1 atom stereocenters. The lowest BCUT2D eigenvalue weighted by Crippen LogP contribution is -2.43. The van der Waals surface area contributed by atoms with E-state index in [-0.39, 0.29) is 12.0 Å². The van der Waals surface area contributed by atoms with E-state index >= 15 is 0 Å². The van der Waals surface area contributed by atoms with Crippen molar-refractivity contribution in [1.29, 1.82) is 0 Å². The van der Waals surface area contributed by atoms with Crippen LogP contribution in [0.15, 0.2) is 48.8 Å². The van der Waals surface area contributed by atoms with Gasteiger partial charge in [0.05, 0.1) is 12.7 Å². The number of aromatic nitrogens is 1. The average Bonchev–Trinajstić information content (AvgIpc) is 2.67. The Bertz CT molecular complexity index is 817. The molecule has 0 aliphatic heterocycles. The Morgan fingerprint density at radius 3 is 2.33 bits per heavy atom. The van der Waals surface area contributed by atoms with Gasteiger partial charge in [-0.2, -0.15) is 0 Å². The molecule has 2 aromatic rings. The van der Waals surface area contributed by atoms with Crippen molar-refractivity contribution in [3.05, 3.63) is 65.5 Å². The summed E-state index contributed by atoms with van der Waals surface area (Å²) in [6.07, 6.45) is 3.14. The van der Waals surface area contributed by atoms with Gasteiger partial charge in [0.25, 0.3) is 0 Å². The lowest BCUT2D eigenvalue weighted by atomic mass is 10.1. The van der Waals surface area contributed by atoms with Crippen LogP contribution in [0.4, 0.5) is 4.79 Å². The van der Waals surface area contributed by atoms with Crippen LogP contribution in [0.1, 0.15) is 49.2 Å². The quantitative estimate of drug-likeness (QED) is 0.664. The first-order valence-corrected chi connectivity index (χ1v) is 9.94. The van der Waals surface area contributed by atoms with Crippen molar-refractivity contribution in [2.45, 2.75) is 52.4 Å². The van der Waals surface area contributed by atoms with Crippen LogP contribution in [0.5, 0.6) is 0 Å². The maximum Gasteiger partial charge on any atom is 0.407 e. The molecular formula is C23H31N3O4. The molecule has 1 aromatic heterocycles. The Morgan fingerprint density at radius 2 is 1.77 bits per heavy atom. The fourth-order valence-corrected chi connectivity index (χ4v) is 3.00. The van der Waals surface area contributed by atoms with E-state index in [1.807, 2.05) is 58.2 Å². The van der Waals surface area contributed by atoms with Crippen molar-refractivity contribution in [2.75, 3.05) is 13.7 Å². The molecule has 0 saturated heterocycles. The van der Waals surface area contributed by atoms with Crippen LogP contribution in [0.25, 0.3) is 0 Å². The standard InChI is InChI=1S/C23H31N3O4/c1-17(25-22(28)30-23(2,3)4)14-26(16-19-7-6-12-24-13-19)15-18-8-10-20(11-9-18)21(27)29-5/h6-13,17H,14-16H2,1-5H3,(H,25,28). The van der Waals surface area contributed by atoms with Gasteiger partial charge in [-0.25, -0.2) is 9.59 Å². The molecule has 2 rings (SSSR count). The highest BCUT2D eigenvalue weighted by molar-refractivity contribution is 5.89. The Hall–Kier alpha value is -2.93. The van der Waals surface area contributed by atoms with Crippen LogP contribution in [0.2, 0.25) is 0 Å². The van der Waals surface area contributed by atoms with Crippen LogP contribution >= 0.6 is 0 Å². The van der Waals surface area contributed by atoms with Gasteiger partial charge in [0, 0.05) is 38.1 Å². The van der Waals surface area contributed by atoms with Gasteiger partial charge in [0.1, 0.15) is 5.60 Å². The zero-order chi connectivity index (χ0) is 22.1. The molecule has 0 fully saturated rings. The summed E-state index contributed by atoms with van der Waals surface area (Å²) >= 11 is 0. The second-order valence-electron chi connectivity index (χ2n) is 8.27. The number of pyridine rings is 1. The predicted molar refractivity (Wildman–Crippen MR) is 115 cm³/mol. The second kappa shape index (κ2) is 10.7. The van der Waals surface area contributed by atoms with Crippen LogP contribution in [0, 0.1) is 0 Å². The first-order chi connectivity index (χ1) is 14.2.